The van der Waals surface area contributed by atoms with Gasteiger partial charge in [-0.15, -0.1) is 21.8 Å². The van der Waals surface area contributed by atoms with E-state index in [0.29, 0.717) is 0 Å². The molecule has 0 aliphatic carbocycles. The summed E-state index contributed by atoms with van der Waals surface area (Å²) in [5.74, 6) is 0.976. The second kappa shape index (κ2) is 4.11. The van der Waals surface area contributed by atoms with Crippen molar-refractivity contribution in [3.05, 3.63) is 23.8 Å². The van der Waals surface area contributed by atoms with Crippen molar-refractivity contribution in [2.45, 2.75) is 11.8 Å². The number of nitrogens with one attached hydrogen (secondary N) is 1. The highest BCUT2D eigenvalue weighted by molar-refractivity contribution is 6.22. The van der Waals surface area contributed by atoms with Gasteiger partial charge >= 0.3 is 0 Å². The first-order valence-electron chi connectivity index (χ1n) is 4.63. The zero-order chi connectivity index (χ0) is 9.97. The molecular formula is C9H13ClN4. The summed E-state index contributed by atoms with van der Waals surface area (Å²) < 4.78 is 1.93. The highest BCUT2D eigenvalue weighted by atomic mass is 35.5. The molecule has 0 saturated carbocycles. The maximum atomic E-state index is 6.01. The maximum Gasteiger partial charge on any atom is 0.136 e. The third-order valence-corrected chi connectivity index (χ3v) is 2.58. The molecule has 1 aliphatic heterocycles. The van der Waals surface area contributed by atoms with Crippen molar-refractivity contribution < 1.29 is 0 Å². The van der Waals surface area contributed by atoms with Crippen LogP contribution < -0.4 is 5.32 Å². The lowest BCUT2D eigenvalue weighted by Crippen LogP contribution is -2.30. The molecule has 1 aromatic rings. The fourth-order valence-electron chi connectivity index (χ4n) is 1.54. The van der Waals surface area contributed by atoms with E-state index < -0.39 is 0 Å². The van der Waals surface area contributed by atoms with Crippen LogP contribution in [0.2, 0.25) is 0 Å². The van der Waals surface area contributed by atoms with Crippen LogP contribution in [-0.4, -0.2) is 33.2 Å². The summed E-state index contributed by atoms with van der Waals surface area (Å²) in [5.41, 5.74) is 1.28. The molecule has 0 spiro atoms. The smallest absolute Gasteiger partial charge is 0.136 e. The molecular weight excluding hydrogens is 200 g/mol. The Bertz CT molecular complexity index is 344. The van der Waals surface area contributed by atoms with E-state index in [4.69, 9.17) is 11.6 Å². The minimum Gasteiger partial charge on any atom is -0.320 e. The van der Waals surface area contributed by atoms with Crippen molar-refractivity contribution in [1.82, 2.24) is 20.1 Å². The molecule has 14 heavy (non-hydrogen) atoms. The summed E-state index contributed by atoms with van der Waals surface area (Å²) in [7, 11) is 1.95. The van der Waals surface area contributed by atoms with E-state index in [1.54, 1.807) is 6.33 Å². The lowest BCUT2D eigenvalue weighted by molar-refractivity contribution is 0.681. The topological polar surface area (TPSA) is 42.7 Å². The van der Waals surface area contributed by atoms with Gasteiger partial charge in [-0.2, -0.15) is 0 Å². The summed E-state index contributed by atoms with van der Waals surface area (Å²) in [5, 5.41) is 11.2. The van der Waals surface area contributed by atoms with Gasteiger partial charge in [-0.25, -0.2) is 0 Å². The average molecular weight is 213 g/mol. The fourth-order valence-corrected chi connectivity index (χ4v) is 1.82. The Balaban J connectivity index is 2.07. The number of hydrogen-bond acceptors (Lipinski definition) is 3. The number of aryl methyl sites for hydroxylation is 1. The molecule has 76 valence electrons. The summed E-state index contributed by atoms with van der Waals surface area (Å²) in [4.78, 5) is 0. The van der Waals surface area contributed by atoms with E-state index in [-0.39, 0.29) is 5.38 Å². The highest BCUT2D eigenvalue weighted by Gasteiger charge is 2.12. The summed E-state index contributed by atoms with van der Waals surface area (Å²) in [6.07, 6.45) is 4.64. The second-order valence-electron chi connectivity index (χ2n) is 3.51. The van der Waals surface area contributed by atoms with Gasteiger partial charge in [0.25, 0.3) is 0 Å². The molecule has 4 nitrogen and oxygen atoms in total. The van der Waals surface area contributed by atoms with Gasteiger partial charge in [0, 0.05) is 26.6 Å². The lowest BCUT2D eigenvalue weighted by atomic mass is 10.1. The molecule has 1 unspecified atom stereocenters. The van der Waals surface area contributed by atoms with Crippen LogP contribution in [0.15, 0.2) is 18.0 Å². The molecule has 0 amide bonds. The van der Waals surface area contributed by atoms with Crippen LogP contribution in [0.5, 0.6) is 0 Å². The summed E-state index contributed by atoms with van der Waals surface area (Å²) in [6.45, 7) is 1.75. The Morgan fingerprint density at radius 1 is 1.71 bits per heavy atom. The average Bonchev–Trinajstić information content (AvgIpc) is 2.52. The van der Waals surface area contributed by atoms with E-state index in [1.807, 2.05) is 11.6 Å². The molecule has 2 heterocycles. The first-order chi connectivity index (χ1) is 6.75. The molecule has 0 saturated heterocycles. The second-order valence-corrected chi connectivity index (χ2v) is 4.07. The van der Waals surface area contributed by atoms with Gasteiger partial charge in [-0.05, 0) is 0 Å². The van der Waals surface area contributed by atoms with Crippen molar-refractivity contribution in [3.8, 4) is 0 Å². The molecule has 2 rings (SSSR count). The first kappa shape index (κ1) is 9.68. The van der Waals surface area contributed by atoms with Gasteiger partial charge < -0.3 is 9.88 Å². The molecule has 5 heteroatoms. The fraction of sp³-hybridized carbons (Fsp3) is 0.556. The predicted molar refractivity (Wildman–Crippen MR) is 55.3 cm³/mol. The van der Waals surface area contributed by atoms with E-state index in [1.165, 1.54) is 5.57 Å². The van der Waals surface area contributed by atoms with E-state index in [2.05, 4.69) is 21.6 Å². The molecule has 0 radical (unpaired) electrons. The Kier molecular flexibility index (Phi) is 2.84. The molecule has 0 fully saturated rings. The van der Waals surface area contributed by atoms with Gasteiger partial charge in [0.05, 0.1) is 5.38 Å². The van der Waals surface area contributed by atoms with Crippen LogP contribution in [-0.2, 0) is 13.5 Å². The number of halogens is 1. The highest BCUT2D eigenvalue weighted by Crippen LogP contribution is 2.11. The van der Waals surface area contributed by atoms with Crippen LogP contribution >= 0.6 is 11.6 Å². The monoisotopic (exact) mass is 212 g/mol. The molecule has 1 atom stereocenters. The van der Waals surface area contributed by atoms with Gasteiger partial charge in [0.2, 0.25) is 0 Å². The van der Waals surface area contributed by atoms with Gasteiger partial charge in [0.15, 0.2) is 0 Å². The minimum absolute atomic E-state index is 0.104. The van der Waals surface area contributed by atoms with Crippen molar-refractivity contribution >= 4 is 11.6 Å². The van der Waals surface area contributed by atoms with E-state index in [0.717, 1.165) is 25.3 Å². The Labute approximate surface area is 88.0 Å². The quantitative estimate of drug-likeness (QED) is 0.574. The van der Waals surface area contributed by atoms with Crippen molar-refractivity contribution in [1.29, 1.82) is 0 Å². The summed E-state index contributed by atoms with van der Waals surface area (Å²) >= 11 is 6.01. The minimum atomic E-state index is 0.104. The van der Waals surface area contributed by atoms with Gasteiger partial charge in [-0.1, -0.05) is 11.6 Å². The summed E-state index contributed by atoms with van der Waals surface area (Å²) in [6, 6.07) is 0. The Hall–Kier alpha value is -0.870. The normalized spacial score (nSPS) is 22.1. The maximum absolute atomic E-state index is 6.01. The molecule has 1 aromatic heterocycles. The third-order valence-electron chi connectivity index (χ3n) is 2.30. The first-order valence-corrected chi connectivity index (χ1v) is 5.06. The standard InChI is InChI=1S/C9H13ClN4/c1-14-6-12-13-9(14)3-7-2-8(10)5-11-4-7/h2,6,8,11H,3-5H2,1H3. The van der Waals surface area contributed by atoms with Gasteiger partial charge in [-0.3, -0.25) is 0 Å². The SMILES string of the molecule is Cn1cnnc1CC1=CC(Cl)CNC1. The molecule has 1 aliphatic rings. The third kappa shape index (κ3) is 2.13. The Morgan fingerprint density at radius 2 is 2.57 bits per heavy atom. The van der Waals surface area contributed by atoms with E-state index >= 15 is 0 Å². The zero-order valence-corrected chi connectivity index (χ0v) is 8.83. The van der Waals surface area contributed by atoms with Crippen LogP contribution in [0.1, 0.15) is 5.82 Å². The molecule has 0 bridgehead atoms. The number of rotatable bonds is 2. The number of aromatic nitrogens is 3. The van der Waals surface area contributed by atoms with Gasteiger partial charge in [0.1, 0.15) is 12.2 Å². The van der Waals surface area contributed by atoms with Crippen molar-refractivity contribution in [3.63, 3.8) is 0 Å². The Morgan fingerprint density at radius 3 is 3.21 bits per heavy atom. The zero-order valence-electron chi connectivity index (χ0n) is 8.07. The number of hydrogen-bond donors (Lipinski definition) is 1. The molecule has 1 N–H and O–H groups in total. The lowest BCUT2D eigenvalue weighted by Gasteiger charge is -2.17. The largest absolute Gasteiger partial charge is 0.320 e. The van der Waals surface area contributed by atoms with Crippen LogP contribution in [0.4, 0.5) is 0 Å². The number of nitrogens with zero attached hydrogens (tertiary/aromatic N) is 3. The van der Waals surface area contributed by atoms with Crippen LogP contribution in [0, 0.1) is 0 Å². The van der Waals surface area contributed by atoms with Crippen LogP contribution in [0.25, 0.3) is 0 Å². The van der Waals surface area contributed by atoms with Crippen molar-refractivity contribution in [2.24, 2.45) is 7.05 Å². The number of alkyl halides is 1. The molecule has 0 aromatic carbocycles. The van der Waals surface area contributed by atoms with Crippen LogP contribution in [0.3, 0.4) is 0 Å². The van der Waals surface area contributed by atoms with Crippen molar-refractivity contribution in [2.75, 3.05) is 13.1 Å². The van der Waals surface area contributed by atoms with E-state index in [9.17, 15) is 0 Å². The predicted octanol–water partition coefficient (Wildman–Crippen LogP) is 0.495.